The third-order valence-corrected chi connectivity index (χ3v) is 5.80. The predicted molar refractivity (Wildman–Crippen MR) is 126 cm³/mol. The molecule has 1 amide bonds. The molecule has 2 heterocycles. The molecule has 1 unspecified atom stereocenters. The van der Waals surface area contributed by atoms with E-state index in [0.717, 1.165) is 12.1 Å². The van der Waals surface area contributed by atoms with Crippen molar-refractivity contribution in [3.63, 3.8) is 0 Å². The first-order valence-corrected chi connectivity index (χ1v) is 10.8. The molecule has 35 heavy (non-hydrogen) atoms. The number of amides is 1. The van der Waals surface area contributed by atoms with Gasteiger partial charge in [-0.05, 0) is 48.4 Å². The van der Waals surface area contributed by atoms with Crippen molar-refractivity contribution in [2.24, 2.45) is 5.16 Å². The largest absolute Gasteiger partial charge is 0.435 e. The number of benzene rings is 2. The van der Waals surface area contributed by atoms with Crippen molar-refractivity contribution in [1.29, 1.82) is 0 Å². The first-order chi connectivity index (χ1) is 16.5. The number of oxime groups is 1. The summed E-state index contributed by atoms with van der Waals surface area (Å²) in [4.78, 5) is 25.6. The van der Waals surface area contributed by atoms with Crippen molar-refractivity contribution in [3.05, 3.63) is 86.7 Å². The Morgan fingerprint density at radius 2 is 1.80 bits per heavy atom. The Hall–Kier alpha value is -3.61. The SMILES string of the molecule is C#Cc1cnc(NC(=O)c2ccc(C3=NOC(c4cc(Cl)cc(Cl)c4)(C(F)(F)F)C3)cc2C)nc1. The summed E-state index contributed by atoms with van der Waals surface area (Å²) in [5, 5.41) is 6.36. The minimum Gasteiger partial charge on any atom is -0.374 e. The van der Waals surface area contributed by atoms with Gasteiger partial charge in [0.15, 0.2) is 0 Å². The summed E-state index contributed by atoms with van der Waals surface area (Å²) in [6.45, 7) is 1.64. The monoisotopic (exact) mass is 518 g/mol. The summed E-state index contributed by atoms with van der Waals surface area (Å²) in [5.74, 6) is 1.93. The number of alkyl halides is 3. The molecule has 0 radical (unpaired) electrons. The number of terminal acetylenes is 1. The molecule has 0 bridgehead atoms. The van der Waals surface area contributed by atoms with E-state index in [1.807, 2.05) is 0 Å². The summed E-state index contributed by atoms with van der Waals surface area (Å²) in [5.41, 5.74) is -1.35. The lowest BCUT2D eigenvalue weighted by molar-refractivity contribution is -0.275. The van der Waals surface area contributed by atoms with Gasteiger partial charge in [0.05, 0.1) is 11.3 Å². The Kier molecular flexibility index (Phi) is 6.45. The highest BCUT2D eigenvalue weighted by atomic mass is 35.5. The van der Waals surface area contributed by atoms with Crippen LogP contribution in [0.5, 0.6) is 0 Å². The van der Waals surface area contributed by atoms with Crippen LogP contribution in [0.1, 0.15) is 39.0 Å². The second kappa shape index (κ2) is 9.21. The van der Waals surface area contributed by atoms with E-state index in [1.165, 1.54) is 30.6 Å². The molecule has 1 N–H and O–H groups in total. The number of halogens is 5. The second-order valence-corrected chi connectivity index (χ2v) is 8.59. The van der Waals surface area contributed by atoms with Gasteiger partial charge in [0.1, 0.15) is 0 Å². The lowest BCUT2D eigenvalue weighted by Crippen LogP contribution is -2.42. The van der Waals surface area contributed by atoms with E-state index >= 15 is 0 Å². The van der Waals surface area contributed by atoms with Crippen molar-refractivity contribution in [3.8, 4) is 12.3 Å². The topological polar surface area (TPSA) is 76.5 Å². The van der Waals surface area contributed by atoms with Crippen LogP contribution in [0.25, 0.3) is 0 Å². The minimum absolute atomic E-state index is 0.0392. The molecule has 1 aliphatic heterocycles. The van der Waals surface area contributed by atoms with Crippen LogP contribution >= 0.6 is 23.2 Å². The first-order valence-electron chi connectivity index (χ1n) is 10.0. The molecule has 178 valence electrons. The molecule has 0 saturated carbocycles. The lowest BCUT2D eigenvalue weighted by Gasteiger charge is -2.29. The van der Waals surface area contributed by atoms with E-state index in [9.17, 15) is 18.0 Å². The van der Waals surface area contributed by atoms with Crippen molar-refractivity contribution in [1.82, 2.24) is 9.97 Å². The second-order valence-electron chi connectivity index (χ2n) is 7.71. The summed E-state index contributed by atoms with van der Waals surface area (Å²) in [7, 11) is 0. The summed E-state index contributed by atoms with van der Waals surface area (Å²) in [6.07, 6.45) is 2.61. The highest BCUT2D eigenvalue weighted by Gasteiger charge is 2.62. The van der Waals surface area contributed by atoms with E-state index in [1.54, 1.807) is 13.0 Å². The number of carbonyl (C=O) groups excluding carboxylic acids is 1. The molecule has 0 spiro atoms. The number of hydrogen-bond donors (Lipinski definition) is 1. The molecule has 1 aliphatic rings. The smallest absolute Gasteiger partial charge is 0.374 e. The molecular formula is C24H15Cl2F3N4O2. The Balaban J connectivity index is 1.58. The van der Waals surface area contributed by atoms with Crippen LogP contribution < -0.4 is 5.32 Å². The van der Waals surface area contributed by atoms with Gasteiger partial charge >= 0.3 is 6.18 Å². The van der Waals surface area contributed by atoms with Crippen LogP contribution in [0.3, 0.4) is 0 Å². The maximum absolute atomic E-state index is 14.2. The van der Waals surface area contributed by atoms with Gasteiger partial charge in [-0.3, -0.25) is 10.1 Å². The molecule has 0 fully saturated rings. The number of anilines is 1. The van der Waals surface area contributed by atoms with Crippen LogP contribution in [-0.4, -0.2) is 27.8 Å². The van der Waals surface area contributed by atoms with Gasteiger partial charge in [-0.25, -0.2) is 9.97 Å². The van der Waals surface area contributed by atoms with E-state index < -0.39 is 24.1 Å². The molecule has 3 aromatic rings. The third kappa shape index (κ3) is 4.81. The van der Waals surface area contributed by atoms with Crippen LogP contribution in [0.2, 0.25) is 10.0 Å². The quantitative estimate of drug-likeness (QED) is 0.435. The number of aromatic nitrogens is 2. The maximum Gasteiger partial charge on any atom is 0.435 e. The number of aryl methyl sites for hydroxylation is 1. The van der Waals surface area contributed by atoms with Crippen LogP contribution in [0.15, 0.2) is 53.9 Å². The van der Waals surface area contributed by atoms with Gasteiger partial charge in [-0.1, -0.05) is 40.3 Å². The average molecular weight is 519 g/mol. The van der Waals surface area contributed by atoms with E-state index in [4.69, 9.17) is 34.5 Å². The zero-order valence-electron chi connectivity index (χ0n) is 18.0. The molecule has 4 rings (SSSR count). The van der Waals surface area contributed by atoms with E-state index in [2.05, 4.69) is 26.4 Å². The number of carbonyl (C=O) groups is 1. The van der Waals surface area contributed by atoms with Gasteiger partial charge in [0.2, 0.25) is 5.95 Å². The van der Waals surface area contributed by atoms with Gasteiger partial charge in [-0.15, -0.1) is 6.42 Å². The maximum atomic E-state index is 14.2. The van der Waals surface area contributed by atoms with Gasteiger partial charge in [0.25, 0.3) is 11.5 Å². The molecule has 0 aliphatic carbocycles. The van der Waals surface area contributed by atoms with E-state index in [0.29, 0.717) is 16.7 Å². The predicted octanol–water partition coefficient (Wildman–Crippen LogP) is 5.91. The standard InChI is InChI=1S/C24H15Cl2F3N4O2/c1-3-14-11-30-22(31-12-14)32-21(34)19-5-4-15(6-13(19)2)20-10-23(35-33-20,24(27,28)29)16-7-17(25)9-18(26)8-16/h1,4-9,11-12H,10H2,2H3,(H,30,31,32,34). The van der Waals surface area contributed by atoms with Crippen LogP contribution in [-0.2, 0) is 10.4 Å². The molecule has 1 aromatic heterocycles. The fraction of sp³-hybridized carbons (Fsp3) is 0.167. The first kappa shape index (κ1) is 24.5. The average Bonchev–Trinajstić information content (AvgIpc) is 3.26. The minimum atomic E-state index is -4.81. The third-order valence-electron chi connectivity index (χ3n) is 5.36. The fourth-order valence-electron chi connectivity index (χ4n) is 3.58. The Morgan fingerprint density at radius 3 is 2.37 bits per heavy atom. The molecule has 2 aromatic carbocycles. The zero-order valence-corrected chi connectivity index (χ0v) is 19.5. The van der Waals surface area contributed by atoms with Crippen molar-refractivity contribution in [2.75, 3.05) is 5.32 Å². The van der Waals surface area contributed by atoms with Crippen molar-refractivity contribution < 1.29 is 22.8 Å². The molecular weight excluding hydrogens is 504 g/mol. The van der Waals surface area contributed by atoms with Gasteiger partial charge < -0.3 is 4.84 Å². The molecule has 1 atom stereocenters. The lowest BCUT2D eigenvalue weighted by atomic mass is 9.86. The van der Waals surface area contributed by atoms with Crippen molar-refractivity contribution >= 4 is 40.8 Å². The fourth-order valence-corrected chi connectivity index (χ4v) is 4.11. The summed E-state index contributed by atoms with van der Waals surface area (Å²) < 4.78 is 42.6. The molecule has 0 saturated heterocycles. The zero-order chi connectivity index (χ0) is 25.4. The Morgan fingerprint density at radius 1 is 1.14 bits per heavy atom. The van der Waals surface area contributed by atoms with Gasteiger partial charge in [0, 0.05) is 40.0 Å². The summed E-state index contributed by atoms with van der Waals surface area (Å²) >= 11 is 11.9. The van der Waals surface area contributed by atoms with Crippen LogP contribution in [0.4, 0.5) is 19.1 Å². The Bertz CT molecular complexity index is 1360. The number of rotatable bonds is 4. The summed E-state index contributed by atoms with van der Waals surface area (Å²) in [6, 6.07) is 8.14. The van der Waals surface area contributed by atoms with Gasteiger partial charge in [-0.2, -0.15) is 13.2 Å². The van der Waals surface area contributed by atoms with Crippen molar-refractivity contribution in [2.45, 2.75) is 25.1 Å². The highest BCUT2D eigenvalue weighted by Crippen LogP contribution is 2.49. The number of nitrogens with one attached hydrogen (secondary N) is 1. The highest BCUT2D eigenvalue weighted by molar-refractivity contribution is 6.34. The van der Waals surface area contributed by atoms with Crippen LogP contribution in [0, 0.1) is 19.3 Å². The van der Waals surface area contributed by atoms with E-state index in [-0.39, 0.29) is 32.8 Å². The molecule has 6 nitrogen and oxygen atoms in total. The number of hydrogen-bond acceptors (Lipinski definition) is 5. The number of nitrogens with zero attached hydrogens (tertiary/aromatic N) is 3. The Labute approximate surface area is 208 Å². The molecule has 11 heteroatoms. The normalized spacial score (nSPS) is 17.3.